The third-order valence-corrected chi connectivity index (χ3v) is 2.84. The Kier molecular flexibility index (Phi) is 3.69. The number of aromatic hydroxyl groups is 1. The van der Waals surface area contributed by atoms with Gasteiger partial charge >= 0.3 is 0 Å². The van der Waals surface area contributed by atoms with Crippen molar-refractivity contribution in [1.29, 1.82) is 0 Å². The second-order valence-electron chi connectivity index (χ2n) is 4.77. The third-order valence-electron chi connectivity index (χ3n) is 2.84. The summed E-state index contributed by atoms with van der Waals surface area (Å²) in [4.78, 5) is 8.35. The molecule has 1 aromatic carbocycles. The average molecular weight is 258 g/mol. The fourth-order valence-corrected chi connectivity index (χ4v) is 2.05. The fourth-order valence-electron chi connectivity index (χ4n) is 2.05. The van der Waals surface area contributed by atoms with Crippen LogP contribution < -0.4 is 4.74 Å². The molecule has 4 nitrogen and oxygen atoms in total. The lowest BCUT2D eigenvalue weighted by Gasteiger charge is -2.13. The summed E-state index contributed by atoms with van der Waals surface area (Å²) in [7, 11) is 0. The zero-order valence-electron chi connectivity index (χ0n) is 11.6. The summed E-state index contributed by atoms with van der Waals surface area (Å²) in [5.74, 6) is 0.836. The molecule has 0 saturated carbocycles. The van der Waals surface area contributed by atoms with E-state index in [0.717, 1.165) is 22.5 Å². The van der Waals surface area contributed by atoms with Gasteiger partial charge in [0.05, 0.1) is 6.10 Å². The Morgan fingerprint density at radius 2 is 1.74 bits per heavy atom. The minimum atomic E-state index is 0.0776. The molecule has 0 bridgehead atoms. The van der Waals surface area contributed by atoms with Gasteiger partial charge in [-0.3, -0.25) is 0 Å². The van der Waals surface area contributed by atoms with Crippen LogP contribution in [0.15, 0.2) is 24.5 Å². The van der Waals surface area contributed by atoms with E-state index in [4.69, 9.17) is 4.74 Å². The zero-order valence-corrected chi connectivity index (χ0v) is 11.6. The summed E-state index contributed by atoms with van der Waals surface area (Å²) in [6.07, 6.45) is 1.61. The van der Waals surface area contributed by atoms with Crippen LogP contribution in [0, 0.1) is 13.8 Å². The van der Waals surface area contributed by atoms with Gasteiger partial charge in [0.25, 0.3) is 0 Å². The minimum Gasteiger partial charge on any atom is -0.507 e. The number of aromatic nitrogens is 2. The Balaban J connectivity index is 2.47. The quantitative estimate of drug-likeness (QED) is 0.918. The zero-order chi connectivity index (χ0) is 14.0. The molecule has 0 spiro atoms. The van der Waals surface area contributed by atoms with E-state index in [1.54, 1.807) is 6.07 Å². The maximum Gasteiger partial charge on any atom is 0.127 e. The van der Waals surface area contributed by atoms with E-state index >= 15 is 0 Å². The van der Waals surface area contributed by atoms with Gasteiger partial charge in [0.2, 0.25) is 0 Å². The summed E-state index contributed by atoms with van der Waals surface area (Å²) in [6, 6.07) is 5.31. The number of nitrogens with zero attached hydrogens (tertiary/aromatic N) is 2. The maximum absolute atomic E-state index is 10.2. The van der Waals surface area contributed by atoms with Gasteiger partial charge in [-0.25, -0.2) is 9.97 Å². The summed E-state index contributed by atoms with van der Waals surface area (Å²) < 4.78 is 5.56. The Morgan fingerprint density at radius 1 is 1.11 bits per heavy atom. The normalized spacial score (nSPS) is 10.8. The summed E-state index contributed by atoms with van der Waals surface area (Å²) in [5, 5.41) is 10.2. The van der Waals surface area contributed by atoms with Crippen molar-refractivity contribution >= 4 is 0 Å². The highest BCUT2D eigenvalue weighted by atomic mass is 16.5. The van der Waals surface area contributed by atoms with Crippen LogP contribution in [0.3, 0.4) is 0 Å². The molecule has 0 radical (unpaired) electrons. The first kappa shape index (κ1) is 13.3. The van der Waals surface area contributed by atoms with Crippen molar-refractivity contribution in [1.82, 2.24) is 9.97 Å². The first-order valence-electron chi connectivity index (χ1n) is 6.27. The molecule has 0 fully saturated rings. The Labute approximate surface area is 113 Å². The lowest BCUT2D eigenvalue weighted by molar-refractivity contribution is 0.241. The second kappa shape index (κ2) is 5.26. The first-order chi connectivity index (χ1) is 8.99. The molecule has 100 valence electrons. The van der Waals surface area contributed by atoms with E-state index in [1.165, 1.54) is 6.33 Å². The Hall–Kier alpha value is -2.10. The van der Waals surface area contributed by atoms with E-state index in [0.29, 0.717) is 5.75 Å². The van der Waals surface area contributed by atoms with Crippen molar-refractivity contribution in [2.45, 2.75) is 33.8 Å². The van der Waals surface area contributed by atoms with Gasteiger partial charge in [0.15, 0.2) is 0 Å². The van der Waals surface area contributed by atoms with Crippen LogP contribution in [0.5, 0.6) is 11.5 Å². The van der Waals surface area contributed by atoms with Crippen LogP contribution >= 0.6 is 0 Å². The maximum atomic E-state index is 10.2. The highest BCUT2D eigenvalue weighted by Gasteiger charge is 2.13. The van der Waals surface area contributed by atoms with Gasteiger partial charge in [0, 0.05) is 28.6 Å². The number of aryl methyl sites for hydroxylation is 2. The lowest BCUT2D eigenvalue weighted by atomic mass is 10.0. The Morgan fingerprint density at radius 3 is 2.26 bits per heavy atom. The molecular weight excluding hydrogens is 240 g/mol. The topological polar surface area (TPSA) is 55.2 Å². The van der Waals surface area contributed by atoms with Crippen LogP contribution in [0.1, 0.15) is 25.2 Å². The largest absolute Gasteiger partial charge is 0.507 e. The second-order valence-corrected chi connectivity index (χ2v) is 4.77. The van der Waals surface area contributed by atoms with E-state index in [1.807, 2.05) is 39.8 Å². The van der Waals surface area contributed by atoms with Crippen molar-refractivity contribution in [2.75, 3.05) is 0 Å². The molecule has 0 saturated heterocycles. The summed E-state index contributed by atoms with van der Waals surface area (Å²) >= 11 is 0. The van der Waals surface area contributed by atoms with Crippen LogP contribution in [-0.4, -0.2) is 21.2 Å². The van der Waals surface area contributed by atoms with E-state index in [-0.39, 0.29) is 11.9 Å². The van der Waals surface area contributed by atoms with Crippen LogP contribution in [0.4, 0.5) is 0 Å². The molecule has 4 heteroatoms. The molecule has 1 aromatic heterocycles. The number of ether oxygens (including phenoxy) is 1. The van der Waals surface area contributed by atoms with E-state index in [2.05, 4.69) is 9.97 Å². The number of phenolic OH excluding ortho intramolecular Hbond substituents is 1. The number of hydrogen-bond acceptors (Lipinski definition) is 4. The molecule has 0 amide bonds. The SMILES string of the molecule is Cc1ncnc(C)c1-c1ccc(OC(C)C)cc1O. The number of benzene rings is 1. The molecule has 0 unspecified atom stereocenters. The average Bonchev–Trinajstić information content (AvgIpc) is 2.30. The highest BCUT2D eigenvalue weighted by Crippen LogP contribution is 2.35. The molecule has 0 aliphatic rings. The van der Waals surface area contributed by atoms with Crippen molar-refractivity contribution in [2.24, 2.45) is 0 Å². The van der Waals surface area contributed by atoms with Gasteiger partial charge in [0.1, 0.15) is 17.8 Å². The van der Waals surface area contributed by atoms with Crippen LogP contribution in [0.25, 0.3) is 11.1 Å². The molecule has 2 aromatic rings. The summed E-state index contributed by atoms with van der Waals surface area (Å²) in [6.45, 7) is 7.71. The lowest BCUT2D eigenvalue weighted by Crippen LogP contribution is -2.05. The van der Waals surface area contributed by atoms with Crippen LogP contribution in [0.2, 0.25) is 0 Å². The van der Waals surface area contributed by atoms with Crippen molar-refractivity contribution < 1.29 is 9.84 Å². The van der Waals surface area contributed by atoms with E-state index < -0.39 is 0 Å². The van der Waals surface area contributed by atoms with Gasteiger partial charge in [-0.15, -0.1) is 0 Å². The molecule has 1 N–H and O–H groups in total. The number of phenols is 1. The molecule has 0 atom stereocenters. The predicted molar refractivity (Wildman–Crippen MR) is 74.4 cm³/mol. The molecule has 1 heterocycles. The molecule has 0 aliphatic heterocycles. The monoisotopic (exact) mass is 258 g/mol. The summed E-state index contributed by atoms with van der Waals surface area (Å²) in [5.41, 5.74) is 3.29. The molecule has 0 aliphatic carbocycles. The van der Waals surface area contributed by atoms with Gasteiger partial charge in [-0.2, -0.15) is 0 Å². The smallest absolute Gasteiger partial charge is 0.127 e. The third kappa shape index (κ3) is 2.84. The first-order valence-corrected chi connectivity index (χ1v) is 6.27. The van der Waals surface area contributed by atoms with Gasteiger partial charge < -0.3 is 9.84 Å². The van der Waals surface area contributed by atoms with Gasteiger partial charge in [-0.05, 0) is 39.8 Å². The van der Waals surface area contributed by atoms with E-state index in [9.17, 15) is 5.11 Å². The number of rotatable bonds is 3. The predicted octanol–water partition coefficient (Wildman–Crippen LogP) is 3.25. The molecule has 19 heavy (non-hydrogen) atoms. The Bertz CT molecular complexity index is 574. The molecular formula is C15H18N2O2. The highest BCUT2D eigenvalue weighted by molar-refractivity contribution is 5.74. The van der Waals surface area contributed by atoms with Crippen molar-refractivity contribution in [3.8, 4) is 22.6 Å². The fraction of sp³-hybridized carbons (Fsp3) is 0.333. The number of hydrogen-bond donors (Lipinski definition) is 1. The standard InChI is InChI=1S/C15H18N2O2/c1-9(2)19-12-5-6-13(14(18)7-12)15-10(3)16-8-17-11(15)4/h5-9,18H,1-4H3. The van der Waals surface area contributed by atoms with Crippen molar-refractivity contribution in [3.05, 3.63) is 35.9 Å². The van der Waals surface area contributed by atoms with Crippen molar-refractivity contribution in [3.63, 3.8) is 0 Å². The van der Waals surface area contributed by atoms with Gasteiger partial charge in [-0.1, -0.05) is 0 Å². The van der Waals surface area contributed by atoms with Crippen LogP contribution in [-0.2, 0) is 0 Å². The molecule has 2 rings (SSSR count). The minimum absolute atomic E-state index is 0.0776.